The van der Waals surface area contributed by atoms with Crippen molar-refractivity contribution in [2.75, 3.05) is 7.11 Å². The van der Waals surface area contributed by atoms with Gasteiger partial charge in [-0.2, -0.15) is 15.4 Å². The second-order valence-electron chi connectivity index (χ2n) is 5.27. The number of hydrogen-bond donors (Lipinski definition) is 3. The number of phenols is 1. The van der Waals surface area contributed by atoms with E-state index in [1.807, 2.05) is 0 Å². The van der Waals surface area contributed by atoms with Gasteiger partial charge in [-0.15, -0.1) is 0 Å². The molecule has 1 aromatic heterocycles. The Hall–Kier alpha value is -3.75. The number of para-hydroxylation sites is 1. The molecule has 8 nitrogen and oxygen atoms in total. The number of hydrogen-bond acceptors (Lipinski definition) is 6. The zero-order valence-corrected chi connectivity index (χ0v) is 13.5. The number of ether oxygens (including phenoxy) is 1. The van der Waals surface area contributed by atoms with Gasteiger partial charge in [0.15, 0.2) is 5.69 Å². The molecule has 26 heavy (non-hydrogen) atoms. The highest BCUT2D eigenvalue weighted by atomic mass is 19.1. The Bertz CT molecular complexity index is 1020. The molecule has 0 radical (unpaired) electrons. The first-order valence-electron chi connectivity index (χ1n) is 7.35. The van der Waals surface area contributed by atoms with E-state index in [4.69, 9.17) is 5.73 Å². The molecule has 0 fully saturated rings. The van der Waals surface area contributed by atoms with E-state index in [1.54, 1.807) is 0 Å². The third-order valence-corrected chi connectivity index (χ3v) is 3.75. The average molecular weight is 356 g/mol. The fourth-order valence-corrected chi connectivity index (χ4v) is 2.52. The Morgan fingerprint density at radius 2 is 1.88 bits per heavy atom. The number of carbonyl (C=O) groups excluding carboxylic acids is 2. The van der Waals surface area contributed by atoms with E-state index in [0.717, 1.165) is 6.07 Å². The van der Waals surface area contributed by atoms with Crippen molar-refractivity contribution in [1.82, 2.24) is 15.4 Å². The highest BCUT2D eigenvalue weighted by molar-refractivity contribution is 5.98. The van der Waals surface area contributed by atoms with Gasteiger partial charge in [-0.1, -0.05) is 12.1 Å². The maximum Gasteiger partial charge on any atom is 0.337 e. The van der Waals surface area contributed by atoms with E-state index < -0.39 is 17.7 Å². The summed E-state index contributed by atoms with van der Waals surface area (Å²) in [5.41, 5.74) is 5.43. The fraction of sp³-hybridized carbons (Fsp3) is 0.0588. The van der Waals surface area contributed by atoms with Gasteiger partial charge < -0.3 is 15.6 Å². The van der Waals surface area contributed by atoms with Gasteiger partial charge in [0, 0.05) is 16.7 Å². The monoisotopic (exact) mass is 356 g/mol. The van der Waals surface area contributed by atoms with Crippen LogP contribution in [0.3, 0.4) is 0 Å². The zero-order valence-electron chi connectivity index (χ0n) is 13.5. The number of H-pyrrole nitrogens is 1. The van der Waals surface area contributed by atoms with Gasteiger partial charge in [0.25, 0.3) is 5.91 Å². The molecule has 4 N–H and O–H groups in total. The lowest BCUT2D eigenvalue weighted by Gasteiger charge is -2.11. The Kier molecular flexibility index (Phi) is 4.36. The number of benzene rings is 2. The van der Waals surface area contributed by atoms with E-state index in [1.165, 1.54) is 37.4 Å². The van der Waals surface area contributed by atoms with E-state index in [-0.39, 0.29) is 39.4 Å². The quantitative estimate of drug-likeness (QED) is 0.612. The van der Waals surface area contributed by atoms with Crippen LogP contribution in [0.15, 0.2) is 36.4 Å². The van der Waals surface area contributed by atoms with Crippen molar-refractivity contribution in [3.05, 3.63) is 53.5 Å². The second-order valence-corrected chi connectivity index (χ2v) is 5.27. The van der Waals surface area contributed by atoms with Crippen LogP contribution in [0.25, 0.3) is 22.4 Å². The van der Waals surface area contributed by atoms with Gasteiger partial charge in [0.2, 0.25) is 0 Å². The number of halogens is 1. The van der Waals surface area contributed by atoms with Crippen molar-refractivity contribution >= 4 is 11.9 Å². The first-order valence-corrected chi connectivity index (χ1v) is 7.35. The number of primary amides is 1. The summed E-state index contributed by atoms with van der Waals surface area (Å²) < 4.78 is 18.9. The third kappa shape index (κ3) is 2.86. The van der Waals surface area contributed by atoms with Crippen molar-refractivity contribution in [1.29, 1.82) is 0 Å². The maximum absolute atomic E-state index is 14.3. The van der Waals surface area contributed by atoms with Crippen molar-refractivity contribution in [3.63, 3.8) is 0 Å². The Morgan fingerprint density at radius 1 is 1.15 bits per heavy atom. The van der Waals surface area contributed by atoms with Crippen LogP contribution in [-0.2, 0) is 4.74 Å². The molecule has 3 aromatic rings. The minimum absolute atomic E-state index is 0.0173. The maximum atomic E-state index is 14.3. The summed E-state index contributed by atoms with van der Waals surface area (Å²) in [6.07, 6.45) is 0. The molecule has 0 atom stereocenters. The molecule has 1 amide bonds. The van der Waals surface area contributed by atoms with E-state index >= 15 is 0 Å². The summed E-state index contributed by atoms with van der Waals surface area (Å²) in [7, 11) is 1.21. The Balaban J connectivity index is 2.18. The third-order valence-electron chi connectivity index (χ3n) is 3.75. The van der Waals surface area contributed by atoms with Gasteiger partial charge in [-0.25, -0.2) is 9.18 Å². The molecule has 0 saturated carbocycles. The first kappa shape index (κ1) is 17.1. The topological polar surface area (TPSA) is 131 Å². The number of carbonyl (C=O) groups is 2. The number of nitrogens with one attached hydrogen (secondary N) is 1. The second kappa shape index (κ2) is 6.63. The number of aromatic nitrogens is 3. The number of nitrogens with two attached hydrogens (primary N) is 1. The smallest absolute Gasteiger partial charge is 0.337 e. The highest BCUT2D eigenvalue weighted by Crippen LogP contribution is 2.39. The number of methoxy groups -OCH3 is 1. The van der Waals surface area contributed by atoms with Crippen molar-refractivity contribution in [3.8, 4) is 28.1 Å². The van der Waals surface area contributed by atoms with Gasteiger partial charge in [-0.3, -0.25) is 4.79 Å². The largest absolute Gasteiger partial charge is 0.507 e. The van der Waals surface area contributed by atoms with Gasteiger partial charge in [0.1, 0.15) is 17.3 Å². The lowest BCUT2D eigenvalue weighted by molar-refractivity contribution is 0.0600. The summed E-state index contributed by atoms with van der Waals surface area (Å²) in [5, 5.41) is 20.3. The SMILES string of the molecule is COC(=O)c1ccc(F)c(-c2cccc(-c3n[nH]nc3C(N)=O)c2O)c1. The molecule has 0 aliphatic rings. The number of phenolic OH excluding ortho intramolecular Hbond substituents is 1. The number of nitrogens with zero attached hydrogens (tertiary/aromatic N) is 2. The number of aromatic hydroxyl groups is 1. The molecule has 0 bridgehead atoms. The fourth-order valence-electron chi connectivity index (χ4n) is 2.52. The van der Waals surface area contributed by atoms with Crippen LogP contribution < -0.4 is 5.73 Å². The van der Waals surface area contributed by atoms with E-state index in [2.05, 4.69) is 20.1 Å². The number of aromatic amines is 1. The summed E-state index contributed by atoms with van der Waals surface area (Å²) in [6, 6.07) is 8.10. The first-order chi connectivity index (χ1) is 12.4. The van der Waals surface area contributed by atoms with Crippen LogP contribution in [-0.4, -0.2) is 39.5 Å². The molecule has 0 unspecified atom stereocenters. The molecule has 0 saturated heterocycles. The van der Waals surface area contributed by atoms with Gasteiger partial charge in [-0.05, 0) is 24.3 Å². The Labute approximate surface area is 146 Å². The van der Waals surface area contributed by atoms with Crippen LogP contribution in [0, 0.1) is 5.82 Å². The molecule has 0 spiro atoms. The molecule has 0 aliphatic heterocycles. The lowest BCUT2D eigenvalue weighted by Crippen LogP contribution is -2.12. The normalized spacial score (nSPS) is 10.5. The molecular formula is C17H13FN4O4. The molecule has 1 heterocycles. The predicted octanol–water partition coefficient (Wildman–Crippen LogP) is 1.87. The number of esters is 1. The minimum atomic E-state index is -0.836. The van der Waals surface area contributed by atoms with Crippen LogP contribution in [0.4, 0.5) is 4.39 Å². The van der Waals surface area contributed by atoms with Crippen molar-refractivity contribution in [2.45, 2.75) is 0 Å². The highest BCUT2D eigenvalue weighted by Gasteiger charge is 2.21. The van der Waals surface area contributed by atoms with Gasteiger partial charge in [0.05, 0.1) is 12.7 Å². The zero-order chi connectivity index (χ0) is 18.8. The summed E-state index contributed by atoms with van der Waals surface area (Å²) in [4.78, 5) is 23.1. The molecule has 3 rings (SSSR count). The van der Waals surface area contributed by atoms with Crippen LogP contribution in [0.5, 0.6) is 5.75 Å². The molecule has 132 valence electrons. The molecule has 0 aliphatic carbocycles. The van der Waals surface area contributed by atoms with Crippen molar-refractivity contribution < 1.29 is 23.8 Å². The van der Waals surface area contributed by atoms with Crippen molar-refractivity contribution in [2.24, 2.45) is 5.73 Å². The van der Waals surface area contributed by atoms with Crippen LogP contribution in [0.1, 0.15) is 20.8 Å². The molecule has 9 heteroatoms. The number of amides is 1. The Morgan fingerprint density at radius 3 is 2.58 bits per heavy atom. The molecule has 2 aromatic carbocycles. The standard InChI is InChI=1S/C17H13FN4O4/c1-26-17(25)8-5-6-12(18)11(7-8)9-3-2-4-10(15(9)23)13-14(16(19)24)21-22-20-13/h2-7,23H,1H3,(H2,19,24)(H,20,21,22). The minimum Gasteiger partial charge on any atom is -0.507 e. The predicted molar refractivity (Wildman–Crippen MR) is 88.7 cm³/mol. The van der Waals surface area contributed by atoms with Crippen LogP contribution >= 0.6 is 0 Å². The van der Waals surface area contributed by atoms with Crippen LogP contribution in [0.2, 0.25) is 0 Å². The van der Waals surface area contributed by atoms with E-state index in [0.29, 0.717) is 0 Å². The van der Waals surface area contributed by atoms with Gasteiger partial charge >= 0.3 is 5.97 Å². The molecular weight excluding hydrogens is 343 g/mol. The van der Waals surface area contributed by atoms with E-state index in [9.17, 15) is 19.1 Å². The lowest BCUT2D eigenvalue weighted by atomic mass is 9.97. The summed E-state index contributed by atoms with van der Waals surface area (Å²) in [5.74, 6) is -2.47. The number of rotatable bonds is 4. The summed E-state index contributed by atoms with van der Waals surface area (Å²) >= 11 is 0. The average Bonchev–Trinajstić information content (AvgIpc) is 3.12. The summed E-state index contributed by atoms with van der Waals surface area (Å²) in [6.45, 7) is 0.